The first kappa shape index (κ1) is 21.5. The van der Waals surface area contributed by atoms with Gasteiger partial charge in [-0.2, -0.15) is 0 Å². The zero-order valence-corrected chi connectivity index (χ0v) is 16.7. The first-order valence-corrected chi connectivity index (χ1v) is 9.30. The monoisotopic (exact) mass is 368 g/mol. The lowest BCUT2D eigenvalue weighted by molar-refractivity contribution is 0.0127. The lowest BCUT2D eigenvalue weighted by Crippen LogP contribution is -2.26. The number of carbonyl (C=O) groups is 2. The van der Waals surface area contributed by atoms with E-state index in [-0.39, 0.29) is 35.2 Å². The van der Waals surface area contributed by atoms with E-state index < -0.39 is 11.9 Å². The highest BCUT2D eigenvalue weighted by Crippen LogP contribution is 2.22. The summed E-state index contributed by atoms with van der Waals surface area (Å²) in [7, 11) is 0. The SMILES string of the molecule is CCC(OC(=O)c1ccc(Cl)cc1C(=O)OC(CC)C(C)C)C(C)C. The molecule has 0 fully saturated rings. The molecule has 0 amide bonds. The number of hydrogen-bond acceptors (Lipinski definition) is 4. The third-order valence-corrected chi connectivity index (χ3v) is 4.47. The van der Waals surface area contributed by atoms with E-state index in [1.54, 1.807) is 6.07 Å². The van der Waals surface area contributed by atoms with Crippen LogP contribution in [0, 0.1) is 11.8 Å². The average molecular weight is 369 g/mol. The van der Waals surface area contributed by atoms with Crippen molar-refractivity contribution >= 4 is 23.5 Å². The summed E-state index contributed by atoms with van der Waals surface area (Å²) < 4.78 is 11.1. The van der Waals surface area contributed by atoms with Gasteiger partial charge in [0, 0.05) is 5.02 Å². The second-order valence-electron chi connectivity index (χ2n) is 6.88. The van der Waals surface area contributed by atoms with Gasteiger partial charge in [0.1, 0.15) is 12.2 Å². The van der Waals surface area contributed by atoms with Gasteiger partial charge in [-0.1, -0.05) is 53.1 Å². The number of rotatable bonds is 8. The molecule has 1 aromatic carbocycles. The van der Waals surface area contributed by atoms with Gasteiger partial charge in [-0.3, -0.25) is 0 Å². The molecule has 0 N–H and O–H groups in total. The topological polar surface area (TPSA) is 52.6 Å². The molecule has 0 aliphatic rings. The second-order valence-corrected chi connectivity index (χ2v) is 7.32. The number of benzene rings is 1. The first-order chi connectivity index (χ1) is 11.7. The van der Waals surface area contributed by atoms with E-state index >= 15 is 0 Å². The Hall–Kier alpha value is -1.55. The molecule has 1 aromatic rings. The summed E-state index contributed by atoms with van der Waals surface area (Å²) in [6.07, 6.45) is 0.998. The minimum Gasteiger partial charge on any atom is -0.459 e. The lowest BCUT2D eigenvalue weighted by Gasteiger charge is -2.22. The van der Waals surface area contributed by atoms with Gasteiger partial charge >= 0.3 is 11.9 Å². The Balaban J connectivity index is 3.10. The maximum Gasteiger partial charge on any atom is 0.339 e. The lowest BCUT2D eigenvalue weighted by atomic mass is 10.0. The molecule has 0 heterocycles. The quantitative estimate of drug-likeness (QED) is 0.566. The third-order valence-electron chi connectivity index (χ3n) is 4.23. The van der Waals surface area contributed by atoms with Crippen LogP contribution in [0.1, 0.15) is 75.1 Å². The van der Waals surface area contributed by atoms with Crippen molar-refractivity contribution in [1.29, 1.82) is 0 Å². The van der Waals surface area contributed by atoms with E-state index in [4.69, 9.17) is 21.1 Å². The van der Waals surface area contributed by atoms with Crippen molar-refractivity contribution in [2.75, 3.05) is 0 Å². The molecule has 4 nitrogen and oxygen atoms in total. The summed E-state index contributed by atoms with van der Waals surface area (Å²) in [6.45, 7) is 11.9. The van der Waals surface area contributed by atoms with Gasteiger partial charge in [-0.15, -0.1) is 0 Å². The highest BCUT2D eigenvalue weighted by molar-refractivity contribution is 6.31. The van der Waals surface area contributed by atoms with E-state index in [0.717, 1.165) is 0 Å². The van der Waals surface area contributed by atoms with Crippen molar-refractivity contribution in [3.05, 3.63) is 34.3 Å². The van der Waals surface area contributed by atoms with Crippen molar-refractivity contribution in [2.45, 2.75) is 66.6 Å². The van der Waals surface area contributed by atoms with Gasteiger partial charge in [-0.25, -0.2) is 9.59 Å². The van der Waals surface area contributed by atoms with E-state index in [1.807, 2.05) is 41.5 Å². The standard InChI is InChI=1S/C20H29ClO4/c1-7-17(12(3)4)24-19(22)15-10-9-14(21)11-16(15)20(23)25-18(8-2)13(5)6/h9-13,17-18H,7-8H2,1-6H3. The highest BCUT2D eigenvalue weighted by atomic mass is 35.5. The number of ether oxygens (including phenoxy) is 2. The molecule has 0 radical (unpaired) electrons. The van der Waals surface area contributed by atoms with Crippen LogP contribution in [0.3, 0.4) is 0 Å². The molecule has 25 heavy (non-hydrogen) atoms. The fourth-order valence-corrected chi connectivity index (χ4v) is 2.82. The number of esters is 2. The molecule has 1 rings (SSSR count). The van der Waals surface area contributed by atoms with Gasteiger partial charge in [0.05, 0.1) is 11.1 Å². The Kier molecular flexibility index (Phi) is 8.43. The van der Waals surface area contributed by atoms with Crippen molar-refractivity contribution in [3.8, 4) is 0 Å². The molecule has 2 atom stereocenters. The van der Waals surface area contributed by atoms with Gasteiger partial charge in [-0.05, 0) is 42.9 Å². The molecule has 0 aliphatic heterocycles. The van der Waals surface area contributed by atoms with E-state index in [0.29, 0.717) is 17.9 Å². The Morgan fingerprint density at radius 3 is 1.72 bits per heavy atom. The van der Waals surface area contributed by atoms with Gasteiger partial charge < -0.3 is 9.47 Å². The maximum absolute atomic E-state index is 12.6. The van der Waals surface area contributed by atoms with Crippen LogP contribution in [-0.2, 0) is 9.47 Å². The van der Waals surface area contributed by atoms with Crippen molar-refractivity contribution in [2.24, 2.45) is 11.8 Å². The Labute approximate surface area is 155 Å². The van der Waals surface area contributed by atoms with Crippen LogP contribution in [0.25, 0.3) is 0 Å². The first-order valence-electron chi connectivity index (χ1n) is 8.92. The molecule has 0 spiro atoms. The van der Waals surface area contributed by atoms with Crippen LogP contribution in [0.15, 0.2) is 18.2 Å². The van der Waals surface area contributed by atoms with Gasteiger partial charge in [0.2, 0.25) is 0 Å². The van der Waals surface area contributed by atoms with Crippen LogP contribution < -0.4 is 0 Å². The van der Waals surface area contributed by atoms with Crippen LogP contribution >= 0.6 is 11.6 Å². The third kappa shape index (κ3) is 6.03. The number of halogens is 1. The maximum atomic E-state index is 12.6. The average Bonchev–Trinajstić information content (AvgIpc) is 2.56. The molecular formula is C20H29ClO4. The van der Waals surface area contributed by atoms with Crippen LogP contribution in [0.4, 0.5) is 0 Å². The molecule has 0 aromatic heterocycles. The Bertz CT molecular complexity index is 595. The van der Waals surface area contributed by atoms with E-state index in [9.17, 15) is 9.59 Å². The molecule has 5 heteroatoms. The zero-order valence-electron chi connectivity index (χ0n) is 16.0. The molecule has 2 unspecified atom stereocenters. The van der Waals surface area contributed by atoms with Crippen molar-refractivity contribution in [1.82, 2.24) is 0 Å². The fourth-order valence-electron chi connectivity index (χ4n) is 2.65. The van der Waals surface area contributed by atoms with Crippen LogP contribution in [-0.4, -0.2) is 24.1 Å². The minimum absolute atomic E-state index is 0.148. The molecule has 140 valence electrons. The second kappa shape index (κ2) is 9.81. The predicted octanol–water partition coefficient (Wildman–Crippen LogP) is 5.52. The molecule has 0 saturated carbocycles. The minimum atomic E-state index is -0.549. The van der Waals surface area contributed by atoms with Gasteiger partial charge in [0.25, 0.3) is 0 Å². The molecule has 0 aliphatic carbocycles. The Morgan fingerprint density at radius 1 is 0.880 bits per heavy atom. The smallest absolute Gasteiger partial charge is 0.339 e. The summed E-state index contributed by atoms with van der Waals surface area (Å²) in [6, 6.07) is 4.56. The number of hydrogen-bond donors (Lipinski definition) is 0. The van der Waals surface area contributed by atoms with Crippen molar-refractivity contribution < 1.29 is 19.1 Å². The summed E-state index contributed by atoms with van der Waals surface area (Å²) in [5, 5.41) is 0.372. The largest absolute Gasteiger partial charge is 0.459 e. The van der Waals surface area contributed by atoms with E-state index in [2.05, 4.69) is 0 Å². The molecule has 0 bridgehead atoms. The fraction of sp³-hybridized carbons (Fsp3) is 0.600. The predicted molar refractivity (Wildman–Crippen MR) is 100 cm³/mol. The van der Waals surface area contributed by atoms with Gasteiger partial charge in [0.15, 0.2) is 0 Å². The molecular weight excluding hydrogens is 340 g/mol. The summed E-state index contributed by atoms with van der Waals surface area (Å²) >= 11 is 6.02. The number of carbonyl (C=O) groups excluding carboxylic acids is 2. The summed E-state index contributed by atoms with van der Waals surface area (Å²) in [4.78, 5) is 25.2. The van der Waals surface area contributed by atoms with Crippen LogP contribution in [0.5, 0.6) is 0 Å². The highest BCUT2D eigenvalue weighted by Gasteiger charge is 2.25. The summed E-state index contributed by atoms with van der Waals surface area (Å²) in [5.74, 6) is -0.689. The zero-order chi connectivity index (χ0) is 19.1. The molecule has 0 saturated heterocycles. The van der Waals surface area contributed by atoms with Crippen molar-refractivity contribution in [3.63, 3.8) is 0 Å². The van der Waals surface area contributed by atoms with Crippen LogP contribution in [0.2, 0.25) is 5.02 Å². The normalized spacial score (nSPS) is 13.6. The Morgan fingerprint density at radius 2 is 1.32 bits per heavy atom. The summed E-state index contributed by atoms with van der Waals surface area (Å²) in [5.41, 5.74) is 0.335. The van der Waals surface area contributed by atoms with E-state index in [1.165, 1.54) is 12.1 Å².